The lowest BCUT2D eigenvalue weighted by Crippen LogP contribution is -2.41. The number of rotatable bonds is 7. The lowest BCUT2D eigenvalue weighted by molar-refractivity contribution is 0.515. The van der Waals surface area contributed by atoms with Gasteiger partial charge in [0.1, 0.15) is 0 Å². The summed E-state index contributed by atoms with van der Waals surface area (Å²) in [4.78, 5) is 0. The van der Waals surface area contributed by atoms with E-state index in [9.17, 15) is 8.42 Å². The molecule has 0 unspecified atom stereocenters. The average Bonchev–Trinajstić information content (AvgIpc) is 2.09. The Hall–Kier alpha value is -0.530. The number of sulfone groups is 1. The Morgan fingerprint density at radius 3 is 2.40 bits per heavy atom. The molecule has 0 saturated carbocycles. The van der Waals surface area contributed by atoms with Gasteiger partial charge < -0.3 is 5.32 Å². The molecule has 0 radical (unpaired) electrons. The van der Waals surface area contributed by atoms with Crippen molar-refractivity contribution in [1.29, 1.82) is 0 Å². The van der Waals surface area contributed by atoms with E-state index >= 15 is 0 Å². The van der Waals surface area contributed by atoms with Crippen molar-refractivity contribution >= 4 is 9.84 Å². The van der Waals surface area contributed by atoms with Crippen LogP contribution in [0.2, 0.25) is 0 Å². The first kappa shape index (κ1) is 14.5. The molecule has 3 nitrogen and oxygen atoms in total. The van der Waals surface area contributed by atoms with Gasteiger partial charge in [-0.25, -0.2) is 8.42 Å². The first-order valence-corrected chi connectivity index (χ1v) is 7.04. The van der Waals surface area contributed by atoms with E-state index < -0.39 is 14.6 Å². The summed E-state index contributed by atoms with van der Waals surface area (Å²) in [5, 5.41) is 3.14. The minimum Gasteiger partial charge on any atom is -0.315 e. The Morgan fingerprint density at radius 1 is 1.33 bits per heavy atom. The summed E-state index contributed by atoms with van der Waals surface area (Å²) in [6.07, 6.45) is 9.16. The number of nitrogens with one attached hydrogen (secondary N) is 1. The van der Waals surface area contributed by atoms with E-state index in [-0.39, 0.29) is 0 Å². The van der Waals surface area contributed by atoms with Gasteiger partial charge in [0.2, 0.25) is 0 Å². The molecule has 0 saturated heterocycles. The van der Waals surface area contributed by atoms with E-state index in [2.05, 4.69) is 11.2 Å². The van der Waals surface area contributed by atoms with E-state index in [1.54, 1.807) is 13.8 Å². The molecule has 0 bridgehead atoms. The molecule has 0 aliphatic rings. The van der Waals surface area contributed by atoms with Crippen LogP contribution in [0.5, 0.6) is 0 Å². The summed E-state index contributed by atoms with van der Waals surface area (Å²) in [6.45, 7) is 4.77. The molecule has 0 rings (SSSR count). The van der Waals surface area contributed by atoms with Crippen LogP contribution in [-0.2, 0) is 9.84 Å². The SMILES string of the molecule is C#CCCCCNCC(C)(C)S(C)(=O)=O. The van der Waals surface area contributed by atoms with E-state index in [0.29, 0.717) is 6.54 Å². The molecule has 4 heteroatoms. The van der Waals surface area contributed by atoms with E-state index in [1.807, 2.05) is 0 Å². The molecule has 0 aliphatic heterocycles. The Balaban J connectivity index is 3.74. The van der Waals surface area contributed by atoms with Crippen molar-refractivity contribution in [2.24, 2.45) is 0 Å². The summed E-state index contributed by atoms with van der Waals surface area (Å²) < 4.78 is 22.0. The van der Waals surface area contributed by atoms with Crippen LogP contribution in [0.15, 0.2) is 0 Å². The quantitative estimate of drug-likeness (QED) is 0.529. The second-order valence-electron chi connectivity index (χ2n) is 4.37. The molecule has 0 atom stereocenters. The minimum atomic E-state index is -2.99. The van der Waals surface area contributed by atoms with Crippen LogP contribution in [0, 0.1) is 12.3 Å². The van der Waals surface area contributed by atoms with Crippen LogP contribution < -0.4 is 5.32 Å². The third-order valence-electron chi connectivity index (χ3n) is 2.48. The maximum absolute atomic E-state index is 11.4. The standard InChI is InChI=1S/C11H21NO2S/c1-5-6-7-8-9-12-10-11(2,3)15(4,13)14/h1,12H,6-10H2,2-4H3. The van der Waals surface area contributed by atoms with Crippen LogP contribution in [0.3, 0.4) is 0 Å². The van der Waals surface area contributed by atoms with Crippen LogP contribution >= 0.6 is 0 Å². The van der Waals surface area contributed by atoms with Crippen molar-refractivity contribution in [3.8, 4) is 12.3 Å². The van der Waals surface area contributed by atoms with Gasteiger partial charge in [-0.05, 0) is 33.2 Å². The Labute approximate surface area is 93.6 Å². The Bertz CT molecular complexity index is 312. The molecule has 0 aliphatic carbocycles. The third-order valence-corrected chi connectivity index (χ3v) is 4.63. The monoisotopic (exact) mass is 231 g/mol. The molecular weight excluding hydrogens is 210 g/mol. The number of unbranched alkanes of at least 4 members (excludes halogenated alkanes) is 2. The fourth-order valence-electron chi connectivity index (χ4n) is 0.998. The van der Waals surface area contributed by atoms with Crippen molar-refractivity contribution in [1.82, 2.24) is 5.32 Å². The van der Waals surface area contributed by atoms with Crippen LogP contribution in [0.4, 0.5) is 0 Å². The smallest absolute Gasteiger partial charge is 0.153 e. The van der Waals surface area contributed by atoms with Crippen LogP contribution in [0.25, 0.3) is 0 Å². The summed E-state index contributed by atoms with van der Waals surface area (Å²) in [7, 11) is -2.99. The first-order valence-electron chi connectivity index (χ1n) is 5.15. The summed E-state index contributed by atoms with van der Waals surface area (Å²) in [5.74, 6) is 2.58. The second kappa shape index (κ2) is 6.14. The molecule has 0 fully saturated rings. The average molecular weight is 231 g/mol. The second-order valence-corrected chi connectivity index (χ2v) is 7.02. The lowest BCUT2D eigenvalue weighted by atomic mass is 10.2. The molecule has 88 valence electrons. The molecule has 0 aromatic rings. The van der Waals surface area contributed by atoms with Crippen molar-refractivity contribution in [2.75, 3.05) is 19.3 Å². The van der Waals surface area contributed by atoms with E-state index in [4.69, 9.17) is 6.42 Å². The molecule has 0 spiro atoms. The van der Waals surface area contributed by atoms with Crippen LogP contribution in [0.1, 0.15) is 33.1 Å². The van der Waals surface area contributed by atoms with Gasteiger partial charge in [-0.15, -0.1) is 12.3 Å². The van der Waals surface area contributed by atoms with Gasteiger partial charge in [-0.3, -0.25) is 0 Å². The largest absolute Gasteiger partial charge is 0.315 e. The highest BCUT2D eigenvalue weighted by Crippen LogP contribution is 2.13. The van der Waals surface area contributed by atoms with Crippen molar-refractivity contribution in [2.45, 2.75) is 37.9 Å². The Morgan fingerprint density at radius 2 is 1.93 bits per heavy atom. The minimum absolute atomic E-state index is 0.488. The van der Waals surface area contributed by atoms with Crippen molar-refractivity contribution in [3.63, 3.8) is 0 Å². The highest BCUT2D eigenvalue weighted by atomic mass is 32.2. The van der Waals surface area contributed by atoms with Gasteiger partial charge in [-0.1, -0.05) is 0 Å². The predicted molar refractivity (Wildman–Crippen MR) is 64.5 cm³/mol. The molecule has 0 aromatic carbocycles. The van der Waals surface area contributed by atoms with Crippen molar-refractivity contribution < 1.29 is 8.42 Å². The van der Waals surface area contributed by atoms with E-state index in [0.717, 1.165) is 25.8 Å². The van der Waals surface area contributed by atoms with Gasteiger partial charge in [0.05, 0.1) is 4.75 Å². The first-order chi connectivity index (χ1) is 6.81. The van der Waals surface area contributed by atoms with Gasteiger partial charge in [0, 0.05) is 19.2 Å². The number of hydrogen-bond acceptors (Lipinski definition) is 3. The number of hydrogen-bond donors (Lipinski definition) is 1. The zero-order valence-corrected chi connectivity index (χ0v) is 10.7. The van der Waals surface area contributed by atoms with Gasteiger partial charge in [0.15, 0.2) is 9.84 Å². The van der Waals surface area contributed by atoms with Gasteiger partial charge in [-0.2, -0.15) is 0 Å². The normalized spacial score (nSPS) is 12.4. The highest BCUT2D eigenvalue weighted by molar-refractivity contribution is 7.92. The molecular formula is C11H21NO2S. The molecule has 1 N–H and O–H groups in total. The van der Waals surface area contributed by atoms with Gasteiger partial charge in [0.25, 0.3) is 0 Å². The zero-order valence-electron chi connectivity index (χ0n) is 9.84. The Kier molecular flexibility index (Phi) is 5.92. The summed E-state index contributed by atoms with van der Waals surface area (Å²) in [6, 6.07) is 0. The van der Waals surface area contributed by atoms with Crippen molar-refractivity contribution in [3.05, 3.63) is 0 Å². The van der Waals surface area contributed by atoms with E-state index in [1.165, 1.54) is 6.26 Å². The summed E-state index contributed by atoms with van der Waals surface area (Å²) >= 11 is 0. The topological polar surface area (TPSA) is 46.2 Å². The fourth-order valence-corrected chi connectivity index (χ4v) is 1.36. The maximum Gasteiger partial charge on any atom is 0.153 e. The molecule has 0 heterocycles. The number of terminal acetylenes is 1. The fraction of sp³-hybridized carbons (Fsp3) is 0.818. The third kappa shape index (κ3) is 5.81. The predicted octanol–water partition coefficient (Wildman–Crippen LogP) is 1.20. The summed E-state index contributed by atoms with van der Waals surface area (Å²) in [5.41, 5.74) is 0. The molecule has 0 aromatic heterocycles. The molecule has 0 amide bonds. The highest BCUT2D eigenvalue weighted by Gasteiger charge is 2.29. The lowest BCUT2D eigenvalue weighted by Gasteiger charge is -2.22. The zero-order chi connectivity index (χ0) is 11.9. The maximum atomic E-state index is 11.4. The van der Waals surface area contributed by atoms with Crippen LogP contribution in [-0.4, -0.2) is 32.5 Å². The van der Waals surface area contributed by atoms with Gasteiger partial charge >= 0.3 is 0 Å². The molecule has 15 heavy (non-hydrogen) atoms.